The second-order valence-electron chi connectivity index (χ2n) is 15.2. The SMILES string of the molecule is CC(C)(C)O.Cc1nc(COCCN2CCS(=O)CC2)c(-c2ccc(OCCc3ccc(F)cc3)cc2)c(N2CCC(C)(C)CC2)c1CC(=O)O. The van der Waals surface area contributed by atoms with Gasteiger partial charge in [-0.2, -0.15) is 0 Å². The molecule has 2 aliphatic heterocycles. The highest BCUT2D eigenvalue weighted by Crippen LogP contribution is 2.42. The van der Waals surface area contributed by atoms with Gasteiger partial charge in [0, 0.05) is 78.3 Å². The van der Waals surface area contributed by atoms with Crippen LogP contribution < -0.4 is 9.64 Å². The van der Waals surface area contributed by atoms with Gasteiger partial charge in [0.05, 0.1) is 43.2 Å². The molecule has 280 valence electrons. The van der Waals surface area contributed by atoms with E-state index in [1.165, 1.54) is 12.1 Å². The Hall–Kier alpha value is -3.38. The molecule has 0 atom stereocenters. The van der Waals surface area contributed by atoms with Gasteiger partial charge in [0.25, 0.3) is 0 Å². The molecule has 0 radical (unpaired) electrons. The van der Waals surface area contributed by atoms with Gasteiger partial charge in [0.1, 0.15) is 11.6 Å². The summed E-state index contributed by atoms with van der Waals surface area (Å²) in [6, 6.07) is 14.3. The number of aromatic nitrogens is 1. The number of aliphatic carboxylic acids is 1. The molecule has 51 heavy (non-hydrogen) atoms. The molecule has 2 fully saturated rings. The molecule has 2 aromatic carbocycles. The molecular weight excluding hydrogens is 670 g/mol. The van der Waals surface area contributed by atoms with Crippen LogP contribution in [0.4, 0.5) is 10.1 Å². The number of benzene rings is 2. The quantitative estimate of drug-likeness (QED) is 0.193. The number of carboxylic acids is 1. The fourth-order valence-electron chi connectivity index (χ4n) is 6.16. The Bertz CT molecular complexity index is 1580. The largest absolute Gasteiger partial charge is 0.493 e. The average molecular weight is 726 g/mol. The van der Waals surface area contributed by atoms with Crippen molar-refractivity contribution in [1.29, 1.82) is 0 Å². The Morgan fingerprint density at radius 3 is 2.18 bits per heavy atom. The van der Waals surface area contributed by atoms with Crippen molar-refractivity contribution in [3.05, 3.63) is 76.9 Å². The van der Waals surface area contributed by atoms with Crippen LogP contribution in [0.1, 0.15) is 70.0 Å². The van der Waals surface area contributed by atoms with E-state index in [0.29, 0.717) is 43.4 Å². The van der Waals surface area contributed by atoms with E-state index in [1.807, 2.05) is 31.2 Å². The monoisotopic (exact) mass is 725 g/mol. The van der Waals surface area contributed by atoms with Gasteiger partial charge in [-0.1, -0.05) is 38.1 Å². The Morgan fingerprint density at radius 1 is 0.980 bits per heavy atom. The summed E-state index contributed by atoms with van der Waals surface area (Å²) in [7, 11) is -0.716. The fraction of sp³-hybridized carbons (Fsp3) is 0.550. The Morgan fingerprint density at radius 2 is 1.59 bits per heavy atom. The summed E-state index contributed by atoms with van der Waals surface area (Å²) < 4.78 is 37.3. The molecule has 0 unspecified atom stereocenters. The van der Waals surface area contributed by atoms with Crippen LogP contribution in [0.15, 0.2) is 48.5 Å². The van der Waals surface area contributed by atoms with Gasteiger partial charge in [-0.15, -0.1) is 0 Å². The van der Waals surface area contributed by atoms with Crippen molar-refractivity contribution in [1.82, 2.24) is 9.88 Å². The number of halogens is 1. The zero-order valence-electron chi connectivity index (χ0n) is 31.2. The van der Waals surface area contributed by atoms with Crippen LogP contribution >= 0.6 is 0 Å². The van der Waals surface area contributed by atoms with Gasteiger partial charge >= 0.3 is 5.97 Å². The number of piperidine rings is 1. The van der Waals surface area contributed by atoms with E-state index >= 15 is 0 Å². The number of nitrogens with zero attached hydrogens (tertiary/aromatic N) is 3. The van der Waals surface area contributed by atoms with E-state index < -0.39 is 22.4 Å². The lowest BCUT2D eigenvalue weighted by Crippen LogP contribution is -2.39. The molecule has 1 aromatic heterocycles. The molecule has 0 spiro atoms. The van der Waals surface area contributed by atoms with Crippen molar-refractivity contribution < 1.29 is 33.1 Å². The highest BCUT2D eigenvalue weighted by molar-refractivity contribution is 7.85. The van der Waals surface area contributed by atoms with Crippen LogP contribution in [0.3, 0.4) is 0 Å². The van der Waals surface area contributed by atoms with Gasteiger partial charge in [-0.3, -0.25) is 18.9 Å². The minimum absolute atomic E-state index is 0.108. The molecule has 2 N–H and O–H groups in total. The number of anilines is 1. The number of carbonyl (C=O) groups is 1. The normalized spacial score (nSPS) is 16.7. The van der Waals surface area contributed by atoms with Crippen molar-refractivity contribution in [2.75, 3.05) is 62.3 Å². The molecule has 0 amide bonds. The van der Waals surface area contributed by atoms with E-state index in [2.05, 4.69) is 23.6 Å². The molecule has 2 aliphatic rings. The molecule has 0 saturated carbocycles. The highest BCUT2D eigenvalue weighted by Gasteiger charge is 2.31. The first-order valence-electron chi connectivity index (χ1n) is 17.9. The van der Waals surface area contributed by atoms with E-state index in [-0.39, 0.29) is 17.7 Å². The standard InChI is InChI=1S/C36H46FN3O5S.C4H10O/c1-26-31(24-33(41)42)35(40-15-13-36(2,3)14-16-40)34(32(38-26)25-44-21-17-39-18-22-46(43)23-19-39)28-6-10-30(11-7-28)45-20-12-27-4-8-29(37)9-5-27;1-4(2,3)5/h4-11H,12-25H2,1-3H3,(H,41,42);5H,1-3H3. The molecule has 9 nitrogen and oxygen atoms in total. The zero-order valence-corrected chi connectivity index (χ0v) is 32.0. The van der Waals surface area contributed by atoms with Crippen LogP contribution in [0.5, 0.6) is 5.75 Å². The van der Waals surface area contributed by atoms with E-state index in [1.54, 1.807) is 32.9 Å². The van der Waals surface area contributed by atoms with Crippen molar-refractivity contribution in [3.63, 3.8) is 0 Å². The third kappa shape index (κ3) is 13.3. The van der Waals surface area contributed by atoms with Crippen LogP contribution in [0.2, 0.25) is 0 Å². The van der Waals surface area contributed by atoms with E-state index in [0.717, 1.165) is 85.0 Å². The number of carboxylic acid groups (broad SMARTS) is 1. The topological polar surface area (TPSA) is 112 Å². The molecule has 0 aliphatic carbocycles. The summed E-state index contributed by atoms with van der Waals surface area (Å²) in [5, 5.41) is 18.4. The fourth-order valence-corrected chi connectivity index (χ4v) is 7.29. The Kier molecular flexibility index (Phi) is 14.6. The van der Waals surface area contributed by atoms with Gasteiger partial charge in [0.15, 0.2) is 0 Å². The molecule has 11 heteroatoms. The van der Waals surface area contributed by atoms with Crippen molar-refractivity contribution in [2.45, 2.75) is 79.4 Å². The maximum atomic E-state index is 13.3. The lowest BCUT2D eigenvalue weighted by molar-refractivity contribution is -0.136. The average Bonchev–Trinajstić information content (AvgIpc) is 3.05. The summed E-state index contributed by atoms with van der Waals surface area (Å²) in [4.78, 5) is 21.7. The number of hydrogen-bond donors (Lipinski definition) is 2. The van der Waals surface area contributed by atoms with Gasteiger partial charge < -0.3 is 24.6 Å². The van der Waals surface area contributed by atoms with Crippen LogP contribution in [-0.2, 0) is 39.8 Å². The lowest BCUT2D eigenvalue weighted by atomic mass is 9.82. The predicted molar refractivity (Wildman–Crippen MR) is 203 cm³/mol. The number of aliphatic hydroxyl groups is 1. The second-order valence-corrected chi connectivity index (χ2v) is 16.9. The first-order chi connectivity index (χ1) is 24.1. The molecule has 2 saturated heterocycles. The summed E-state index contributed by atoms with van der Waals surface area (Å²) in [6.07, 6.45) is 2.57. The van der Waals surface area contributed by atoms with Crippen LogP contribution in [0, 0.1) is 18.2 Å². The summed E-state index contributed by atoms with van der Waals surface area (Å²) in [5.74, 6) is 0.995. The smallest absolute Gasteiger partial charge is 0.307 e. The molecule has 5 rings (SSSR count). The summed E-state index contributed by atoms with van der Waals surface area (Å²) >= 11 is 0. The van der Waals surface area contributed by atoms with E-state index in [9.17, 15) is 18.5 Å². The summed E-state index contributed by atoms with van der Waals surface area (Å²) in [6.45, 7) is 17.0. The van der Waals surface area contributed by atoms with Crippen molar-refractivity contribution >= 4 is 22.5 Å². The third-order valence-corrected chi connectivity index (χ3v) is 10.4. The lowest BCUT2D eigenvalue weighted by Gasteiger charge is -2.40. The Balaban J connectivity index is 0.00000109. The maximum absolute atomic E-state index is 13.3. The molecule has 0 bridgehead atoms. The highest BCUT2D eigenvalue weighted by atomic mass is 32.2. The minimum atomic E-state index is -0.884. The molecular formula is C40H56FN3O6S. The number of hydrogen-bond acceptors (Lipinski definition) is 8. The van der Waals surface area contributed by atoms with Gasteiger partial charge in [-0.25, -0.2) is 4.39 Å². The predicted octanol–water partition coefficient (Wildman–Crippen LogP) is 6.43. The van der Waals surface area contributed by atoms with Gasteiger partial charge in [-0.05, 0) is 81.3 Å². The van der Waals surface area contributed by atoms with Gasteiger partial charge in [0.2, 0.25) is 0 Å². The Labute approximate surface area is 305 Å². The van der Waals surface area contributed by atoms with Crippen molar-refractivity contribution in [2.24, 2.45) is 5.41 Å². The first-order valence-corrected chi connectivity index (χ1v) is 19.4. The number of rotatable bonds is 13. The first kappa shape index (κ1) is 40.4. The zero-order chi connectivity index (χ0) is 37.2. The molecule has 3 heterocycles. The maximum Gasteiger partial charge on any atom is 0.307 e. The summed E-state index contributed by atoms with van der Waals surface area (Å²) in [5.41, 5.74) is 5.75. The molecule has 3 aromatic rings. The van der Waals surface area contributed by atoms with Crippen LogP contribution in [0.25, 0.3) is 11.1 Å². The van der Waals surface area contributed by atoms with Crippen LogP contribution in [-0.4, -0.2) is 93.3 Å². The number of aryl methyl sites for hydroxylation is 1. The van der Waals surface area contributed by atoms with E-state index in [4.69, 9.17) is 19.6 Å². The van der Waals surface area contributed by atoms with Crippen molar-refractivity contribution in [3.8, 4) is 16.9 Å². The second kappa shape index (κ2) is 18.4. The minimum Gasteiger partial charge on any atom is -0.493 e. The third-order valence-electron chi connectivity index (χ3n) is 9.09. The number of pyridine rings is 1. The number of ether oxygens (including phenoxy) is 2.